The van der Waals surface area contributed by atoms with Crippen molar-refractivity contribution in [1.82, 2.24) is 0 Å². The monoisotopic (exact) mass is 271 g/mol. The van der Waals surface area contributed by atoms with E-state index in [1.165, 1.54) is 7.11 Å². The maximum Gasteiger partial charge on any atom is 0.411 e. The SMILES string of the molecule is COC(=O)Nc1cccc(OC(C)c2ccccc2)c1. The lowest BCUT2D eigenvalue weighted by atomic mass is 10.1. The summed E-state index contributed by atoms with van der Waals surface area (Å²) in [6, 6.07) is 17.2. The van der Waals surface area contributed by atoms with Crippen LogP contribution in [0.2, 0.25) is 0 Å². The molecule has 0 radical (unpaired) electrons. The highest BCUT2D eigenvalue weighted by molar-refractivity contribution is 5.84. The van der Waals surface area contributed by atoms with Gasteiger partial charge in [-0.1, -0.05) is 36.4 Å². The molecule has 4 heteroatoms. The highest BCUT2D eigenvalue weighted by atomic mass is 16.5. The number of amides is 1. The number of ether oxygens (including phenoxy) is 2. The predicted octanol–water partition coefficient (Wildman–Crippen LogP) is 4.00. The third-order valence-corrected chi connectivity index (χ3v) is 2.85. The first-order valence-electron chi connectivity index (χ1n) is 6.35. The van der Waals surface area contributed by atoms with E-state index in [9.17, 15) is 4.79 Å². The van der Waals surface area contributed by atoms with E-state index in [-0.39, 0.29) is 6.10 Å². The lowest BCUT2D eigenvalue weighted by Gasteiger charge is -2.15. The van der Waals surface area contributed by atoms with Gasteiger partial charge in [-0.15, -0.1) is 0 Å². The van der Waals surface area contributed by atoms with E-state index in [0.717, 1.165) is 5.56 Å². The summed E-state index contributed by atoms with van der Waals surface area (Å²) >= 11 is 0. The summed E-state index contributed by atoms with van der Waals surface area (Å²) in [5, 5.41) is 2.60. The second-order valence-electron chi connectivity index (χ2n) is 4.32. The molecule has 4 nitrogen and oxygen atoms in total. The quantitative estimate of drug-likeness (QED) is 0.914. The van der Waals surface area contributed by atoms with Gasteiger partial charge in [-0.25, -0.2) is 4.79 Å². The summed E-state index contributed by atoms with van der Waals surface area (Å²) in [6.07, 6.45) is -0.567. The third-order valence-electron chi connectivity index (χ3n) is 2.85. The molecule has 0 aliphatic rings. The third kappa shape index (κ3) is 3.75. The van der Waals surface area contributed by atoms with Crippen LogP contribution in [-0.4, -0.2) is 13.2 Å². The summed E-state index contributed by atoms with van der Waals surface area (Å²) in [5.41, 5.74) is 1.73. The molecule has 0 bridgehead atoms. The molecule has 0 saturated carbocycles. The van der Waals surface area contributed by atoms with E-state index in [0.29, 0.717) is 11.4 Å². The van der Waals surface area contributed by atoms with E-state index >= 15 is 0 Å². The minimum absolute atomic E-state index is 0.0652. The van der Waals surface area contributed by atoms with Gasteiger partial charge in [0.2, 0.25) is 0 Å². The lowest BCUT2D eigenvalue weighted by molar-refractivity contribution is 0.187. The van der Waals surface area contributed by atoms with Gasteiger partial charge in [0.05, 0.1) is 7.11 Å². The molecule has 1 N–H and O–H groups in total. The summed E-state index contributed by atoms with van der Waals surface area (Å²) < 4.78 is 10.4. The first-order valence-corrected chi connectivity index (χ1v) is 6.35. The molecule has 0 aliphatic carbocycles. The molecule has 104 valence electrons. The Hall–Kier alpha value is -2.49. The molecular formula is C16H17NO3. The van der Waals surface area contributed by atoms with Crippen LogP contribution in [0.1, 0.15) is 18.6 Å². The standard InChI is InChI=1S/C16H17NO3/c1-12(13-7-4-3-5-8-13)20-15-10-6-9-14(11-15)17-16(18)19-2/h3-12H,1-2H3,(H,17,18). The number of anilines is 1. The minimum Gasteiger partial charge on any atom is -0.486 e. The van der Waals surface area contributed by atoms with Crippen molar-refractivity contribution >= 4 is 11.8 Å². The van der Waals surface area contributed by atoms with Crippen molar-refractivity contribution in [3.8, 4) is 5.75 Å². The van der Waals surface area contributed by atoms with Crippen LogP contribution in [0.25, 0.3) is 0 Å². The Morgan fingerprint density at radius 3 is 2.55 bits per heavy atom. The van der Waals surface area contributed by atoms with Gasteiger partial charge in [0, 0.05) is 11.8 Å². The van der Waals surface area contributed by atoms with Crippen LogP contribution in [0.15, 0.2) is 54.6 Å². The maximum absolute atomic E-state index is 11.2. The van der Waals surface area contributed by atoms with Crippen molar-refractivity contribution in [2.24, 2.45) is 0 Å². The van der Waals surface area contributed by atoms with Crippen LogP contribution in [0, 0.1) is 0 Å². The lowest BCUT2D eigenvalue weighted by Crippen LogP contribution is -2.11. The average molecular weight is 271 g/mol. The van der Waals surface area contributed by atoms with Gasteiger partial charge >= 0.3 is 6.09 Å². The van der Waals surface area contributed by atoms with Gasteiger partial charge in [-0.05, 0) is 24.6 Å². The van der Waals surface area contributed by atoms with Crippen molar-refractivity contribution in [2.45, 2.75) is 13.0 Å². The van der Waals surface area contributed by atoms with E-state index in [2.05, 4.69) is 10.1 Å². The number of carbonyl (C=O) groups excluding carboxylic acids is 1. The largest absolute Gasteiger partial charge is 0.486 e. The van der Waals surface area contributed by atoms with Gasteiger partial charge in [0.25, 0.3) is 0 Å². The molecule has 2 aromatic carbocycles. The molecule has 0 heterocycles. The van der Waals surface area contributed by atoms with Crippen molar-refractivity contribution in [3.05, 3.63) is 60.2 Å². The summed E-state index contributed by atoms with van der Waals surface area (Å²) in [4.78, 5) is 11.2. The molecule has 1 unspecified atom stereocenters. The van der Waals surface area contributed by atoms with Crippen LogP contribution in [0.4, 0.5) is 10.5 Å². The molecular weight excluding hydrogens is 254 g/mol. The Morgan fingerprint density at radius 1 is 1.10 bits per heavy atom. The zero-order valence-corrected chi connectivity index (χ0v) is 11.5. The fourth-order valence-electron chi connectivity index (χ4n) is 1.81. The number of nitrogens with one attached hydrogen (secondary N) is 1. The fraction of sp³-hybridized carbons (Fsp3) is 0.188. The minimum atomic E-state index is -0.502. The van der Waals surface area contributed by atoms with Crippen LogP contribution >= 0.6 is 0 Å². The molecule has 2 rings (SSSR count). The second kappa shape index (κ2) is 6.61. The molecule has 0 spiro atoms. The Kier molecular flexibility index (Phi) is 4.60. The average Bonchev–Trinajstić information content (AvgIpc) is 2.48. The van der Waals surface area contributed by atoms with Crippen LogP contribution < -0.4 is 10.1 Å². The van der Waals surface area contributed by atoms with E-state index in [1.807, 2.05) is 49.4 Å². The fourth-order valence-corrected chi connectivity index (χ4v) is 1.81. The number of benzene rings is 2. The van der Waals surface area contributed by atoms with Gasteiger partial charge in [-0.2, -0.15) is 0 Å². The Bertz CT molecular complexity index is 569. The summed E-state index contributed by atoms with van der Waals surface area (Å²) in [5.74, 6) is 0.690. The van der Waals surface area contributed by atoms with Gasteiger partial charge < -0.3 is 9.47 Å². The number of hydrogen-bond donors (Lipinski definition) is 1. The molecule has 20 heavy (non-hydrogen) atoms. The molecule has 1 amide bonds. The Labute approximate surface area is 118 Å². The highest BCUT2D eigenvalue weighted by Gasteiger charge is 2.07. The van der Waals surface area contributed by atoms with Gasteiger partial charge in [-0.3, -0.25) is 5.32 Å². The number of carbonyl (C=O) groups is 1. The molecule has 0 aliphatic heterocycles. The smallest absolute Gasteiger partial charge is 0.411 e. The van der Waals surface area contributed by atoms with E-state index < -0.39 is 6.09 Å². The molecule has 2 aromatic rings. The van der Waals surface area contributed by atoms with Gasteiger partial charge in [0.1, 0.15) is 11.9 Å². The van der Waals surface area contributed by atoms with E-state index in [4.69, 9.17) is 4.74 Å². The first kappa shape index (κ1) is 13.9. The first-order chi connectivity index (χ1) is 9.69. The Morgan fingerprint density at radius 2 is 1.85 bits per heavy atom. The van der Waals surface area contributed by atoms with E-state index in [1.54, 1.807) is 12.1 Å². The molecule has 0 fully saturated rings. The summed E-state index contributed by atoms with van der Waals surface area (Å²) in [7, 11) is 1.33. The number of hydrogen-bond acceptors (Lipinski definition) is 3. The number of methoxy groups -OCH3 is 1. The second-order valence-corrected chi connectivity index (χ2v) is 4.32. The van der Waals surface area contributed by atoms with Crippen LogP contribution in [0.3, 0.4) is 0 Å². The topological polar surface area (TPSA) is 47.6 Å². The van der Waals surface area contributed by atoms with Crippen molar-refractivity contribution in [3.63, 3.8) is 0 Å². The van der Waals surface area contributed by atoms with Crippen molar-refractivity contribution in [1.29, 1.82) is 0 Å². The zero-order chi connectivity index (χ0) is 14.4. The number of rotatable bonds is 4. The molecule has 0 saturated heterocycles. The van der Waals surface area contributed by atoms with Crippen LogP contribution in [-0.2, 0) is 4.74 Å². The normalized spacial score (nSPS) is 11.5. The zero-order valence-electron chi connectivity index (χ0n) is 11.5. The summed E-state index contributed by atoms with van der Waals surface area (Å²) in [6.45, 7) is 1.98. The molecule has 0 aromatic heterocycles. The van der Waals surface area contributed by atoms with Crippen molar-refractivity contribution in [2.75, 3.05) is 12.4 Å². The highest BCUT2D eigenvalue weighted by Crippen LogP contribution is 2.24. The van der Waals surface area contributed by atoms with Crippen LogP contribution in [0.5, 0.6) is 5.75 Å². The maximum atomic E-state index is 11.2. The predicted molar refractivity (Wildman–Crippen MR) is 78.0 cm³/mol. The molecule has 1 atom stereocenters. The van der Waals surface area contributed by atoms with Crippen molar-refractivity contribution < 1.29 is 14.3 Å². The van der Waals surface area contributed by atoms with Gasteiger partial charge in [0.15, 0.2) is 0 Å². The Balaban J connectivity index is 2.06.